The molecular formula is C8H10N3OS. The molecule has 69 valence electrons. The zero-order valence-corrected chi connectivity index (χ0v) is 8.01. The third-order valence-electron chi connectivity index (χ3n) is 1.94. The van der Waals surface area contributed by atoms with E-state index in [1.165, 1.54) is 6.42 Å². The average Bonchev–Trinajstić information content (AvgIpc) is 2.20. The van der Waals surface area contributed by atoms with E-state index in [0.29, 0.717) is 5.84 Å². The fraction of sp³-hybridized carbons (Fsp3) is 0.625. The summed E-state index contributed by atoms with van der Waals surface area (Å²) < 4.78 is 1.97. The molecule has 0 aromatic heterocycles. The summed E-state index contributed by atoms with van der Waals surface area (Å²) >= 11 is 1.67. The first-order chi connectivity index (χ1) is 6.38. The molecule has 2 heterocycles. The van der Waals surface area contributed by atoms with Gasteiger partial charge < -0.3 is 0 Å². The topological polar surface area (TPSA) is 45.0 Å². The number of Topliss-reactive ketones (excluding diaryl/α,β-unsaturated/α-hetero) is 1. The van der Waals surface area contributed by atoms with Gasteiger partial charge in [0.25, 0.3) is 0 Å². The standard InChI is InChI=1S/C8H10N3OS/c12-7-5-9-6-10-8(7)11-3-1-2-4-13-11/h1-5H2. The molecule has 0 unspecified atom stereocenters. The van der Waals surface area contributed by atoms with Crippen LogP contribution in [-0.2, 0) is 4.79 Å². The Morgan fingerprint density at radius 2 is 2.38 bits per heavy atom. The Morgan fingerprint density at radius 1 is 1.46 bits per heavy atom. The van der Waals surface area contributed by atoms with Gasteiger partial charge in [-0.25, -0.2) is 4.99 Å². The maximum Gasteiger partial charge on any atom is 0.220 e. The molecule has 0 N–H and O–H groups in total. The van der Waals surface area contributed by atoms with E-state index >= 15 is 0 Å². The minimum Gasteiger partial charge on any atom is -0.297 e. The summed E-state index contributed by atoms with van der Waals surface area (Å²) in [6, 6.07) is 0. The molecule has 2 aliphatic heterocycles. The van der Waals surface area contributed by atoms with Gasteiger partial charge in [0.1, 0.15) is 6.54 Å². The Labute approximate surface area is 81.3 Å². The molecule has 5 heteroatoms. The zero-order chi connectivity index (χ0) is 9.10. The third-order valence-corrected chi connectivity index (χ3v) is 3.08. The van der Waals surface area contributed by atoms with Crippen molar-refractivity contribution in [2.75, 3.05) is 18.8 Å². The summed E-state index contributed by atoms with van der Waals surface area (Å²) in [6.45, 7) is 1.12. The number of hydrogen-bond donors (Lipinski definition) is 0. The quantitative estimate of drug-likeness (QED) is 0.533. The minimum absolute atomic E-state index is 0.00755. The Bertz CT molecular complexity index is 269. The summed E-state index contributed by atoms with van der Waals surface area (Å²) in [5, 5.41) is 0. The van der Waals surface area contributed by atoms with E-state index in [9.17, 15) is 4.79 Å². The van der Waals surface area contributed by atoms with Crippen molar-refractivity contribution < 1.29 is 4.79 Å². The summed E-state index contributed by atoms with van der Waals surface area (Å²) in [6.07, 6.45) is 4.86. The van der Waals surface area contributed by atoms with Crippen LogP contribution in [0.25, 0.3) is 0 Å². The number of nitrogens with zero attached hydrogens (tertiary/aromatic N) is 3. The van der Waals surface area contributed by atoms with Gasteiger partial charge in [-0.2, -0.15) is 0 Å². The number of aliphatic imine (C=N–C) groups is 2. The van der Waals surface area contributed by atoms with Gasteiger partial charge in [0.05, 0.1) is 0 Å². The summed E-state index contributed by atoms with van der Waals surface area (Å²) in [7, 11) is 0. The smallest absolute Gasteiger partial charge is 0.220 e. The number of carbonyl (C=O) groups is 1. The van der Waals surface area contributed by atoms with Crippen LogP contribution in [0.15, 0.2) is 9.98 Å². The molecule has 1 radical (unpaired) electrons. The second-order valence-electron chi connectivity index (χ2n) is 2.92. The van der Waals surface area contributed by atoms with Crippen molar-refractivity contribution in [3.05, 3.63) is 0 Å². The molecule has 4 nitrogen and oxygen atoms in total. The SMILES string of the molecule is O=C1CN=[C]N=C1N1CCCCS1. The van der Waals surface area contributed by atoms with Crippen LogP contribution in [0, 0.1) is 0 Å². The highest BCUT2D eigenvalue weighted by Crippen LogP contribution is 2.20. The maximum absolute atomic E-state index is 11.4. The first kappa shape index (κ1) is 8.74. The highest BCUT2D eigenvalue weighted by molar-refractivity contribution is 7.97. The van der Waals surface area contributed by atoms with Crippen molar-refractivity contribution in [1.29, 1.82) is 0 Å². The van der Waals surface area contributed by atoms with Crippen molar-refractivity contribution in [3.8, 4) is 0 Å². The van der Waals surface area contributed by atoms with Crippen molar-refractivity contribution in [2.45, 2.75) is 12.8 Å². The second kappa shape index (κ2) is 3.91. The molecule has 2 aliphatic rings. The summed E-state index contributed by atoms with van der Waals surface area (Å²) in [5.41, 5.74) is 0. The molecule has 0 atom stereocenters. The molecule has 13 heavy (non-hydrogen) atoms. The Hall–Kier alpha value is -0.840. The first-order valence-corrected chi connectivity index (χ1v) is 5.25. The maximum atomic E-state index is 11.4. The first-order valence-electron chi connectivity index (χ1n) is 4.31. The van der Waals surface area contributed by atoms with Crippen LogP contribution in [0.4, 0.5) is 0 Å². The number of amidine groups is 1. The van der Waals surface area contributed by atoms with E-state index in [0.717, 1.165) is 18.7 Å². The van der Waals surface area contributed by atoms with Crippen LogP contribution in [0.5, 0.6) is 0 Å². The van der Waals surface area contributed by atoms with Crippen LogP contribution in [0.2, 0.25) is 0 Å². The van der Waals surface area contributed by atoms with Crippen molar-refractivity contribution in [2.24, 2.45) is 9.98 Å². The second-order valence-corrected chi connectivity index (χ2v) is 4.02. The molecule has 0 spiro atoms. The minimum atomic E-state index is 0.00755. The van der Waals surface area contributed by atoms with Crippen molar-refractivity contribution in [1.82, 2.24) is 4.31 Å². The molecule has 0 aromatic rings. The number of hydrogen-bond acceptors (Lipinski definition) is 5. The monoisotopic (exact) mass is 196 g/mol. The van der Waals surface area contributed by atoms with E-state index in [-0.39, 0.29) is 12.3 Å². The van der Waals surface area contributed by atoms with Gasteiger partial charge in [0, 0.05) is 12.3 Å². The molecular weight excluding hydrogens is 186 g/mol. The fourth-order valence-electron chi connectivity index (χ4n) is 1.28. The van der Waals surface area contributed by atoms with Crippen LogP contribution in [-0.4, -0.2) is 41.1 Å². The van der Waals surface area contributed by atoms with E-state index in [1.807, 2.05) is 4.31 Å². The van der Waals surface area contributed by atoms with E-state index in [1.54, 1.807) is 11.9 Å². The molecule has 0 aliphatic carbocycles. The molecule has 0 bridgehead atoms. The summed E-state index contributed by atoms with van der Waals surface area (Å²) in [4.78, 5) is 18.9. The van der Waals surface area contributed by atoms with Crippen LogP contribution >= 0.6 is 11.9 Å². The molecule has 2 rings (SSSR count). The molecule has 1 fully saturated rings. The molecule has 0 saturated carbocycles. The number of rotatable bonds is 0. The fourth-order valence-corrected chi connectivity index (χ4v) is 2.36. The van der Waals surface area contributed by atoms with E-state index in [4.69, 9.17) is 0 Å². The predicted molar refractivity (Wildman–Crippen MR) is 53.1 cm³/mol. The van der Waals surface area contributed by atoms with Gasteiger partial charge in [0.15, 0.2) is 12.2 Å². The Kier molecular flexibility index (Phi) is 2.63. The van der Waals surface area contributed by atoms with Crippen LogP contribution in [0.1, 0.15) is 12.8 Å². The van der Waals surface area contributed by atoms with Crippen LogP contribution in [0.3, 0.4) is 0 Å². The molecule has 1 saturated heterocycles. The lowest BCUT2D eigenvalue weighted by molar-refractivity contribution is -0.112. The van der Waals surface area contributed by atoms with Gasteiger partial charge in [0.2, 0.25) is 5.78 Å². The molecule has 0 amide bonds. The normalized spacial score (nSPS) is 23.2. The highest BCUT2D eigenvalue weighted by atomic mass is 32.2. The Morgan fingerprint density at radius 3 is 3.08 bits per heavy atom. The average molecular weight is 196 g/mol. The number of ketones is 1. The number of carbonyl (C=O) groups excluding carboxylic acids is 1. The largest absolute Gasteiger partial charge is 0.297 e. The van der Waals surface area contributed by atoms with Gasteiger partial charge in [-0.1, -0.05) is 0 Å². The molecule has 0 aromatic carbocycles. The Balaban J connectivity index is 2.09. The van der Waals surface area contributed by atoms with Gasteiger partial charge >= 0.3 is 0 Å². The predicted octanol–water partition coefficient (Wildman–Crippen LogP) is 0.617. The lowest BCUT2D eigenvalue weighted by atomic mass is 10.3. The van der Waals surface area contributed by atoms with Gasteiger partial charge in [-0.05, 0) is 24.8 Å². The van der Waals surface area contributed by atoms with Crippen LogP contribution < -0.4 is 0 Å². The van der Waals surface area contributed by atoms with Gasteiger partial charge in [-0.3, -0.25) is 14.1 Å². The lowest BCUT2D eigenvalue weighted by Crippen LogP contribution is -2.37. The van der Waals surface area contributed by atoms with E-state index < -0.39 is 0 Å². The van der Waals surface area contributed by atoms with E-state index in [2.05, 4.69) is 16.3 Å². The lowest BCUT2D eigenvalue weighted by Gasteiger charge is -2.27. The highest BCUT2D eigenvalue weighted by Gasteiger charge is 2.22. The van der Waals surface area contributed by atoms with Crippen molar-refractivity contribution >= 4 is 29.9 Å². The third kappa shape index (κ3) is 1.91. The summed E-state index contributed by atoms with van der Waals surface area (Å²) in [5.74, 6) is 1.61. The zero-order valence-electron chi connectivity index (χ0n) is 7.19. The van der Waals surface area contributed by atoms with Gasteiger partial charge in [-0.15, -0.1) is 0 Å². The van der Waals surface area contributed by atoms with Crippen molar-refractivity contribution in [3.63, 3.8) is 0 Å².